The average molecular weight is 426 g/mol. The van der Waals surface area contributed by atoms with Crippen molar-refractivity contribution in [2.45, 2.75) is 31.7 Å². The van der Waals surface area contributed by atoms with Crippen LogP contribution in [0.2, 0.25) is 0 Å². The summed E-state index contributed by atoms with van der Waals surface area (Å²) in [6.45, 7) is 3.20. The normalized spacial score (nSPS) is 17.2. The summed E-state index contributed by atoms with van der Waals surface area (Å²) in [4.78, 5) is 27.4. The minimum absolute atomic E-state index is 0.110. The number of anilines is 1. The first kappa shape index (κ1) is 21.4. The number of nitrogens with zero attached hydrogens (tertiary/aromatic N) is 4. The lowest BCUT2D eigenvalue weighted by atomic mass is 9.95. The maximum atomic E-state index is 13.4. The molecule has 2 aliphatic heterocycles. The van der Waals surface area contributed by atoms with Crippen LogP contribution in [0.15, 0.2) is 18.2 Å². The minimum Gasteiger partial charge on any atom is -0.496 e. The first-order chi connectivity index (χ1) is 15.0. The maximum absolute atomic E-state index is 13.4. The fourth-order valence-electron chi connectivity index (χ4n) is 4.48. The predicted octanol–water partition coefficient (Wildman–Crippen LogP) is 2.54. The molecule has 3 heterocycles. The highest BCUT2D eigenvalue weighted by molar-refractivity contribution is 6.00. The molecule has 4 rings (SSSR count). The largest absolute Gasteiger partial charge is 0.496 e. The second kappa shape index (κ2) is 9.09. The van der Waals surface area contributed by atoms with Crippen molar-refractivity contribution in [3.8, 4) is 11.5 Å². The molecule has 8 heteroatoms. The summed E-state index contributed by atoms with van der Waals surface area (Å²) >= 11 is 0. The number of hydrogen-bond donors (Lipinski definition) is 1. The molecule has 0 spiro atoms. The lowest BCUT2D eigenvalue weighted by Crippen LogP contribution is -2.38. The topological polar surface area (TPSA) is 79.8 Å². The molecule has 0 atom stereocenters. The Morgan fingerprint density at radius 1 is 1.10 bits per heavy atom. The van der Waals surface area contributed by atoms with Crippen LogP contribution < -0.4 is 14.8 Å². The van der Waals surface area contributed by atoms with E-state index in [1.165, 1.54) is 0 Å². The molecule has 0 saturated carbocycles. The number of likely N-dealkylation sites (tertiary alicyclic amines) is 1. The highest BCUT2D eigenvalue weighted by Gasteiger charge is 2.30. The number of hydrogen-bond acceptors (Lipinski definition) is 7. The van der Waals surface area contributed by atoms with E-state index in [1.54, 1.807) is 26.4 Å². The summed E-state index contributed by atoms with van der Waals surface area (Å²) in [5, 5.41) is 3.24. The van der Waals surface area contributed by atoms with Gasteiger partial charge in [0.15, 0.2) is 0 Å². The SMILES string of the molecule is CNc1nc(C2CCN(C)CC2)nc2c1CN(C(=O)c1c(OC)cccc1OC)CC2. The molecule has 1 fully saturated rings. The molecule has 2 aliphatic rings. The second-order valence-corrected chi connectivity index (χ2v) is 8.20. The molecule has 166 valence electrons. The molecule has 0 aliphatic carbocycles. The predicted molar refractivity (Wildman–Crippen MR) is 119 cm³/mol. The number of amides is 1. The number of fused-ring (bicyclic) bond motifs is 1. The first-order valence-corrected chi connectivity index (χ1v) is 10.8. The van der Waals surface area contributed by atoms with E-state index in [0.717, 1.165) is 48.8 Å². The molecule has 1 N–H and O–H groups in total. The van der Waals surface area contributed by atoms with E-state index in [9.17, 15) is 4.79 Å². The van der Waals surface area contributed by atoms with Gasteiger partial charge < -0.3 is 24.6 Å². The van der Waals surface area contributed by atoms with Crippen LogP contribution >= 0.6 is 0 Å². The standard InChI is InChI=1S/C23H31N5O3/c1-24-22-16-14-28(23(29)20-18(30-3)6-5-7-19(20)31-4)13-10-17(16)25-21(26-22)15-8-11-27(2)12-9-15/h5-7,15H,8-14H2,1-4H3,(H,24,25,26). The smallest absolute Gasteiger partial charge is 0.261 e. The number of carbonyl (C=O) groups excluding carboxylic acids is 1. The Morgan fingerprint density at radius 3 is 2.39 bits per heavy atom. The quantitative estimate of drug-likeness (QED) is 0.789. The average Bonchev–Trinajstić information content (AvgIpc) is 2.82. The second-order valence-electron chi connectivity index (χ2n) is 8.20. The number of ether oxygens (including phenoxy) is 2. The van der Waals surface area contributed by atoms with Crippen LogP contribution in [-0.2, 0) is 13.0 Å². The van der Waals surface area contributed by atoms with E-state index in [2.05, 4.69) is 17.3 Å². The molecule has 1 amide bonds. The molecule has 8 nitrogen and oxygen atoms in total. The van der Waals surface area contributed by atoms with Crippen molar-refractivity contribution in [3.05, 3.63) is 40.8 Å². The van der Waals surface area contributed by atoms with Crippen LogP contribution in [-0.4, -0.2) is 73.6 Å². The van der Waals surface area contributed by atoms with Gasteiger partial charge in [0.25, 0.3) is 5.91 Å². The molecule has 2 aromatic rings. The number of rotatable bonds is 5. The first-order valence-electron chi connectivity index (χ1n) is 10.8. The molecule has 1 aromatic carbocycles. The van der Waals surface area contributed by atoms with Crippen LogP contribution in [0.25, 0.3) is 0 Å². The van der Waals surface area contributed by atoms with Crippen molar-refractivity contribution in [1.29, 1.82) is 0 Å². The third kappa shape index (κ3) is 4.17. The fourth-order valence-corrected chi connectivity index (χ4v) is 4.48. The lowest BCUT2D eigenvalue weighted by molar-refractivity contribution is 0.0726. The molecular formula is C23H31N5O3. The Labute approximate surface area is 183 Å². The summed E-state index contributed by atoms with van der Waals surface area (Å²) < 4.78 is 10.9. The maximum Gasteiger partial charge on any atom is 0.261 e. The van der Waals surface area contributed by atoms with Gasteiger partial charge in [0, 0.05) is 31.5 Å². The van der Waals surface area contributed by atoms with Gasteiger partial charge in [0.2, 0.25) is 0 Å². The van der Waals surface area contributed by atoms with Crippen LogP contribution in [0.4, 0.5) is 5.82 Å². The summed E-state index contributed by atoms with van der Waals surface area (Å²) in [5.74, 6) is 3.06. The van der Waals surface area contributed by atoms with E-state index >= 15 is 0 Å². The van der Waals surface area contributed by atoms with Gasteiger partial charge in [-0.15, -0.1) is 0 Å². The molecule has 1 saturated heterocycles. The van der Waals surface area contributed by atoms with Crippen LogP contribution in [0.5, 0.6) is 11.5 Å². The van der Waals surface area contributed by atoms with E-state index < -0.39 is 0 Å². The van der Waals surface area contributed by atoms with Gasteiger partial charge in [-0.1, -0.05) is 6.07 Å². The van der Waals surface area contributed by atoms with E-state index in [-0.39, 0.29) is 5.91 Å². The van der Waals surface area contributed by atoms with Gasteiger partial charge in [-0.3, -0.25) is 4.79 Å². The van der Waals surface area contributed by atoms with Gasteiger partial charge in [-0.25, -0.2) is 9.97 Å². The third-order valence-corrected chi connectivity index (χ3v) is 6.33. The van der Waals surface area contributed by atoms with E-state index in [0.29, 0.717) is 42.5 Å². The zero-order valence-corrected chi connectivity index (χ0v) is 18.8. The summed E-state index contributed by atoms with van der Waals surface area (Å²) in [7, 11) is 7.17. The number of piperidine rings is 1. The van der Waals surface area contributed by atoms with Crippen molar-refractivity contribution < 1.29 is 14.3 Å². The number of aromatic nitrogens is 2. The van der Waals surface area contributed by atoms with Crippen LogP contribution in [0.1, 0.15) is 46.2 Å². The van der Waals surface area contributed by atoms with Gasteiger partial charge in [0.05, 0.1) is 26.5 Å². The van der Waals surface area contributed by atoms with Crippen molar-refractivity contribution in [3.63, 3.8) is 0 Å². The number of carbonyl (C=O) groups is 1. The molecular weight excluding hydrogens is 394 g/mol. The molecule has 0 bridgehead atoms. The van der Waals surface area contributed by atoms with Crippen molar-refractivity contribution in [2.24, 2.45) is 0 Å². The van der Waals surface area contributed by atoms with Gasteiger partial charge in [-0.2, -0.15) is 0 Å². The third-order valence-electron chi connectivity index (χ3n) is 6.33. The Balaban J connectivity index is 1.61. The number of methoxy groups -OCH3 is 2. The molecule has 31 heavy (non-hydrogen) atoms. The number of benzene rings is 1. The van der Waals surface area contributed by atoms with E-state index in [1.807, 2.05) is 18.0 Å². The van der Waals surface area contributed by atoms with Gasteiger partial charge >= 0.3 is 0 Å². The molecule has 1 aromatic heterocycles. The van der Waals surface area contributed by atoms with Crippen LogP contribution in [0, 0.1) is 0 Å². The summed E-state index contributed by atoms with van der Waals surface area (Å²) in [6, 6.07) is 5.38. The Bertz CT molecular complexity index is 917. The highest BCUT2D eigenvalue weighted by Crippen LogP contribution is 2.33. The highest BCUT2D eigenvalue weighted by atomic mass is 16.5. The Hall–Kier alpha value is -2.87. The zero-order valence-electron chi connectivity index (χ0n) is 18.8. The lowest BCUT2D eigenvalue weighted by Gasteiger charge is -2.32. The van der Waals surface area contributed by atoms with Crippen LogP contribution in [0.3, 0.4) is 0 Å². The Kier molecular flexibility index (Phi) is 6.27. The summed E-state index contributed by atoms with van der Waals surface area (Å²) in [6.07, 6.45) is 2.86. The molecule has 0 unspecified atom stereocenters. The van der Waals surface area contributed by atoms with Gasteiger partial charge in [-0.05, 0) is 45.1 Å². The van der Waals surface area contributed by atoms with E-state index in [4.69, 9.17) is 19.4 Å². The zero-order chi connectivity index (χ0) is 22.0. The fraction of sp³-hybridized carbons (Fsp3) is 0.522. The van der Waals surface area contributed by atoms with Crippen molar-refractivity contribution in [1.82, 2.24) is 19.8 Å². The van der Waals surface area contributed by atoms with Crippen molar-refractivity contribution >= 4 is 11.7 Å². The monoisotopic (exact) mass is 425 g/mol. The number of nitrogens with one attached hydrogen (secondary N) is 1. The van der Waals surface area contributed by atoms with Crippen molar-refractivity contribution in [2.75, 3.05) is 53.3 Å². The van der Waals surface area contributed by atoms with Gasteiger partial charge in [0.1, 0.15) is 28.7 Å². The minimum atomic E-state index is -0.110. The Morgan fingerprint density at radius 2 is 1.77 bits per heavy atom. The molecule has 0 radical (unpaired) electrons. The summed E-state index contributed by atoms with van der Waals surface area (Å²) in [5.41, 5.74) is 2.49.